The van der Waals surface area contributed by atoms with Gasteiger partial charge in [-0.05, 0) is 36.4 Å². The number of nitriles is 1. The van der Waals surface area contributed by atoms with E-state index in [0.29, 0.717) is 29.8 Å². The van der Waals surface area contributed by atoms with Crippen LogP contribution in [0.1, 0.15) is 27.3 Å². The molecule has 0 aliphatic rings. The van der Waals surface area contributed by atoms with Gasteiger partial charge in [0, 0.05) is 24.1 Å². The van der Waals surface area contributed by atoms with Crippen LogP contribution >= 0.6 is 0 Å². The molecule has 0 bridgehead atoms. The van der Waals surface area contributed by atoms with Gasteiger partial charge in [-0.2, -0.15) is 5.26 Å². The van der Waals surface area contributed by atoms with Crippen molar-refractivity contribution < 1.29 is 9.53 Å². The van der Waals surface area contributed by atoms with Gasteiger partial charge in [0.2, 0.25) is 0 Å². The molecule has 0 fully saturated rings. The molecule has 0 aliphatic heterocycles. The number of nitrogens with one attached hydrogen (secondary N) is 2. The molecule has 4 rings (SSSR count). The maximum Gasteiger partial charge on any atom is 0.251 e. The van der Waals surface area contributed by atoms with Gasteiger partial charge in [0.15, 0.2) is 0 Å². The van der Waals surface area contributed by atoms with Gasteiger partial charge in [0.25, 0.3) is 5.91 Å². The second kappa shape index (κ2) is 8.93. The van der Waals surface area contributed by atoms with Crippen molar-refractivity contribution in [3.05, 3.63) is 95.3 Å². The number of imidazole rings is 1. The Labute approximate surface area is 174 Å². The molecule has 0 atom stereocenters. The van der Waals surface area contributed by atoms with E-state index < -0.39 is 0 Å². The average Bonchev–Trinajstić information content (AvgIpc) is 3.21. The number of hydrogen-bond donors (Lipinski definition) is 2. The van der Waals surface area contributed by atoms with E-state index in [4.69, 9.17) is 4.74 Å². The van der Waals surface area contributed by atoms with Crippen LogP contribution in [0.3, 0.4) is 0 Å². The minimum absolute atomic E-state index is 0.172. The molecule has 1 aromatic heterocycles. The van der Waals surface area contributed by atoms with Crippen molar-refractivity contribution in [3.8, 4) is 11.8 Å². The molecule has 0 unspecified atom stereocenters. The third kappa shape index (κ3) is 4.47. The molecular weight excluding hydrogens is 376 g/mol. The monoisotopic (exact) mass is 396 g/mol. The largest absolute Gasteiger partial charge is 0.489 e. The summed E-state index contributed by atoms with van der Waals surface area (Å²) >= 11 is 0. The lowest BCUT2D eigenvalue weighted by Gasteiger charge is -2.09. The summed E-state index contributed by atoms with van der Waals surface area (Å²) < 4.78 is 5.79. The van der Waals surface area contributed by atoms with E-state index in [1.807, 2.05) is 42.5 Å². The quantitative estimate of drug-likeness (QED) is 0.494. The van der Waals surface area contributed by atoms with Crippen molar-refractivity contribution in [2.75, 3.05) is 6.54 Å². The van der Waals surface area contributed by atoms with Crippen molar-refractivity contribution in [1.82, 2.24) is 15.3 Å². The van der Waals surface area contributed by atoms with Gasteiger partial charge in [-0.1, -0.05) is 36.4 Å². The van der Waals surface area contributed by atoms with Crippen LogP contribution < -0.4 is 10.1 Å². The number of H-pyrrole nitrogens is 1. The number of aromatic amines is 1. The summed E-state index contributed by atoms with van der Waals surface area (Å²) in [5.74, 6) is 1.24. The van der Waals surface area contributed by atoms with E-state index in [9.17, 15) is 10.1 Å². The number of nitrogens with zero attached hydrogens (tertiary/aromatic N) is 2. The van der Waals surface area contributed by atoms with Crippen LogP contribution in [0, 0.1) is 11.3 Å². The zero-order valence-corrected chi connectivity index (χ0v) is 16.3. The molecule has 1 heterocycles. The van der Waals surface area contributed by atoms with Crippen LogP contribution in [0.5, 0.6) is 5.75 Å². The molecule has 4 aromatic rings. The summed E-state index contributed by atoms with van der Waals surface area (Å²) in [6, 6.07) is 24.3. The second-order valence-corrected chi connectivity index (χ2v) is 6.79. The van der Waals surface area contributed by atoms with Gasteiger partial charge < -0.3 is 15.0 Å². The summed E-state index contributed by atoms with van der Waals surface area (Å²) in [6.07, 6.45) is 0.613. The number of carbonyl (C=O) groups excluding carboxylic acids is 1. The topological polar surface area (TPSA) is 90.8 Å². The average molecular weight is 396 g/mol. The Hall–Kier alpha value is -4.11. The predicted molar refractivity (Wildman–Crippen MR) is 114 cm³/mol. The Bertz CT molecular complexity index is 1190. The third-order valence-corrected chi connectivity index (χ3v) is 4.71. The lowest BCUT2D eigenvalue weighted by Crippen LogP contribution is -2.25. The van der Waals surface area contributed by atoms with E-state index in [1.54, 1.807) is 30.3 Å². The minimum Gasteiger partial charge on any atom is -0.489 e. The molecule has 1 amide bonds. The van der Waals surface area contributed by atoms with E-state index in [-0.39, 0.29) is 12.5 Å². The highest BCUT2D eigenvalue weighted by molar-refractivity contribution is 5.94. The van der Waals surface area contributed by atoms with Gasteiger partial charge >= 0.3 is 0 Å². The van der Waals surface area contributed by atoms with Gasteiger partial charge in [-0.25, -0.2) is 4.98 Å². The number of aromatic nitrogens is 2. The number of carbonyl (C=O) groups is 1. The smallest absolute Gasteiger partial charge is 0.251 e. The first kappa shape index (κ1) is 19.2. The molecule has 30 heavy (non-hydrogen) atoms. The van der Waals surface area contributed by atoms with E-state index >= 15 is 0 Å². The normalized spacial score (nSPS) is 10.5. The fourth-order valence-corrected chi connectivity index (χ4v) is 3.16. The Kier molecular flexibility index (Phi) is 5.72. The summed E-state index contributed by atoms with van der Waals surface area (Å²) in [4.78, 5) is 20.3. The predicted octanol–water partition coefficient (Wildman–Crippen LogP) is 3.99. The third-order valence-electron chi connectivity index (χ3n) is 4.71. The molecular formula is C24H20N4O2. The van der Waals surface area contributed by atoms with Crippen LogP contribution in [0.25, 0.3) is 11.0 Å². The molecule has 0 aliphatic carbocycles. The maximum absolute atomic E-state index is 12.5. The lowest BCUT2D eigenvalue weighted by atomic mass is 10.1. The Morgan fingerprint density at radius 3 is 2.77 bits per heavy atom. The van der Waals surface area contributed by atoms with Gasteiger partial charge in [-0.3, -0.25) is 4.79 Å². The standard InChI is InChI=1S/C24H20N4O2/c25-15-18-6-1-2-7-19(18)16-30-20-9-5-8-17(14-20)24(29)26-13-12-23-27-21-10-3-4-11-22(21)28-23/h1-11,14H,12-13,16H2,(H,26,29)(H,27,28). The SMILES string of the molecule is N#Cc1ccccc1COc1cccc(C(=O)NCCc2nc3ccccc3[nH]2)c1. The second-order valence-electron chi connectivity index (χ2n) is 6.79. The fraction of sp³-hybridized carbons (Fsp3) is 0.125. The minimum atomic E-state index is -0.172. The van der Waals surface area contributed by atoms with Crippen LogP contribution in [0.4, 0.5) is 0 Å². The summed E-state index contributed by atoms with van der Waals surface area (Å²) in [5.41, 5.74) is 3.81. The van der Waals surface area contributed by atoms with Gasteiger partial charge in [0.1, 0.15) is 18.2 Å². The Balaban J connectivity index is 1.33. The summed E-state index contributed by atoms with van der Waals surface area (Å²) in [7, 11) is 0. The van der Waals surface area contributed by atoms with Crippen molar-refractivity contribution in [2.24, 2.45) is 0 Å². The van der Waals surface area contributed by atoms with E-state index in [2.05, 4.69) is 21.4 Å². The molecule has 0 saturated carbocycles. The number of amides is 1. The van der Waals surface area contributed by atoms with Gasteiger partial charge in [0.05, 0.1) is 22.7 Å². The van der Waals surface area contributed by atoms with Crippen molar-refractivity contribution in [2.45, 2.75) is 13.0 Å². The van der Waals surface area contributed by atoms with Crippen molar-refractivity contribution in [3.63, 3.8) is 0 Å². The number of benzene rings is 3. The number of ether oxygens (including phenoxy) is 1. The molecule has 3 aromatic carbocycles. The first-order valence-electron chi connectivity index (χ1n) is 9.65. The van der Waals surface area contributed by atoms with Crippen LogP contribution in [0.2, 0.25) is 0 Å². The molecule has 2 N–H and O–H groups in total. The lowest BCUT2D eigenvalue weighted by molar-refractivity contribution is 0.0953. The fourth-order valence-electron chi connectivity index (χ4n) is 3.16. The Morgan fingerprint density at radius 1 is 1.07 bits per heavy atom. The summed E-state index contributed by atoms with van der Waals surface area (Å²) in [6.45, 7) is 0.736. The van der Waals surface area contributed by atoms with Crippen molar-refractivity contribution >= 4 is 16.9 Å². The first-order chi connectivity index (χ1) is 14.7. The highest BCUT2D eigenvalue weighted by Gasteiger charge is 2.09. The zero-order chi connectivity index (χ0) is 20.8. The molecule has 0 saturated heterocycles. The van der Waals surface area contributed by atoms with Crippen LogP contribution in [0.15, 0.2) is 72.8 Å². The van der Waals surface area contributed by atoms with E-state index in [1.165, 1.54) is 0 Å². The number of hydrogen-bond acceptors (Lipinski definition) is 4. The van der Waals surface area contributed by atoms with Crippen LogP contribution in [-0.2, 0) is 13.0 Å². The van der Waals surface area contributed by atoms with E-state index in [0.717, 1.165) is 22.4 Å². The first-order valence-corrected chi connectivity index (χ1v) is 9.65. The molecule has 0 radical (unpaired) electrons. The maximum atomic E-state index is 12.5. The highest BCUT2D eigenvalue weighted by atomic mass is 16.5. The number of para-hydroxylation sites is 2. The summed E-state index contributed by atoms with van der Waals surface area (Å²) in [5, 5.41) is 12.1. The highest BCUT2D eigenvalue weighted by Crippen LogP contribution is 2.17. The number of fused-ring (bicyclic) bond motifs is 1. The molecule has 6 nitrogen and oxygen atoms in total. The van der Waals surface area contributed by atoms with Gasteiger partial charge in [-0.15, -0.1) is 0 Å². The van der Waals surface area contributed by atoms with Crippen LogP contribution in [-0.4, -0.2) is 22.4 Å². The zero-order valence-electron chi connectivity index (χ0n) is 16.3. The molecule has 0 spiro atoms. The number of rotatable bonds is 7. The van der Waals surface area contributed by atoms with Crippen molar-refractivity contribution in [1.29, 1.82) is 5.26 Å². The molecule has 6 heteroatoms. The Morgan fingerprint density at radius 2 is 1.90 bits per heavy atom. The molecule has 148 valence electrons.